The summed E-state index contributed by atoms with van der Waals surface area (Å²) in [4.78, 5) is 12.6. The summed E-state index contributed by atoms with van der Waals surface area (Å²) in [5, 5.41) is 13.8. The monoisotopic (exact) mass is 300 g/mol. The van der Waals surface area contributed by atoms with Gasteiger partial charge in [0.1, 0.15) is 5.75 Å². The van der Waals surface area contributed by atoms with Crippen LogP contribution in [0.15, 0.2) is 29.2 Å². The number of ether oxygens (including phenoxy) is 1. The van der Waals surface area contributed by atoms with Crippen molar-refractivity contribution in [1.82, 2.24) is 9.78 Å². The third-order valence-electron chi connectivity index (χ3n) is 4.17. The normalized spacial score (nSPS) is 18.4. The van der Waals surface area contributed by atoms with Gasteiger partial charge in [-0.05, 0) is 56.4 Å². The van der Waals surface area contributed by atoms with Crippen LogP contribution in [-0.2, 0) is 4.74 Å². The number of hydrogen-bond acceptors (Lipinski definition) is 4. The van der Waals surface area contributed by atoms with Gasteiger partial charge in [0.2, 0.25) is 0 Å². The fourth-order valence-corrected chi connectivity index (χ4v) is 2.90. The predicted molar refractivity (Wildman–Crippen MR) is 83.9 cm³/mol. The lowest BCUT2D eigenvalue weighted by atomic mass is 9.99. The van der Waals surface area contributed by atoms with Crippen molar-refractivity contribution in [2.75, 3.05) is 6.61 Å². The molecule has 5 nitrogen and oxygen atoms in total. The molecule has 1 aromatic heterocycles. The van der Waals surface area contributed by atoms with Gasteiger partial charge in [0.05, 0.1) is 6.20 Å². The fourth-order valence-electron chi connectivity index (χ4n) is 2.90. The molecule has 0 spiro atoms. The number of aromatic nitrogens is 2. The minimum atomic E-state index is -0.255. The van der Waals surface area contributed by atoms with Gasteiger partial charge in [0, 0.05) is 17.7 Å². The molecule has 0 amide bonds. The Balaban J connectivity index is 2.04. The van der Waals surface area contributed by atoms with Crippen LogP contribution in [0.25, 0.3) is 11.1 Å². The van der Waals surface area contributed by atoms with E-state index in [2.05, 4.69) is 5.10 Å². The summed E-state index contributed by atoms with van der Waals surface area (Å²) >= 11 is 0. The summed E-state index contributed by atoms with van der Waals surface area (Å²) < 4.78 is 7.10. The predicted octanol–water partition coefficient (Wildman–Crippen LogP) is 2.93. The number of aryl methyl sites for hydroxylation is 1. The van der Waals surface area contributed by atoms with Crippen molar-refractivity contribution in [1.29, 1.82) is 0 Å². The average Bonchev–Trinajstić information content (AvgIpc) is 2.52. The van der Waals surface area contributed by atoms with Crippen LogP contribution in [0.2, 0.25) is 0 Å². The number of aromatic hydroxyl groups is 1. The third-order valence-corrected chi connectivity index (χ3v) is 4.17. The fraction of sp³-hybridized carbons (Fsp3) is 0.412. The second-order valence-electron chi connectivity index (χ2n) is 5.75. The largest absolute Gasteiger partial charge is 0.508 e. The Morgan fingerprint density at radius 1 is 1.27 bits per heavy atom. The van der Waals surface area contributed by atoms with E-state index in [1.54, 1.807) is 18.3 Å². The molecule has 0 radical (unpaired) electrons. The minimum Gasteiger partial charge on any atom is -0.508 e. The zero-order valence-electron chi connectivity index (χ0n) is 12.9. The zero-order chi connectivity index (χ0) is 15.7. The summed E-state index contributed by atoms with van der Waals surface area (Å²) in [6, 6.07) is 5.12. The van der Waals surface area contributed by atoms with Crippen molar-refractivity contribution in [3.8, 4) is 16.9 Å². The summed E-state index contributed by atoms with van der Waals surface area (Å²) in [6.45, 7) is 4.39. The van der Waals surface area contributed by atoms with Crippen molar-refractivity contribution >= 4 is 0 Å². The first-order valence-electron chi connectivity index (χ1n) is 7.58. The Labute approximate surface area is 129 Å². The van der Waals surface area contributed by atoms with Gasteiger partial charge in [-0.3, -0.25) is 4.79 Å². The van der Waals surface area contributed by atoms with Crippen LogP contribution in [0.3, 0.4) is 0 Å². The molecule has 22 heavy (non-hydrogen) atoms. The van der Waals surface area contributed by atoms with Gasteiger partial charge < -0.3 is 9.84 Å². The molecule has 2 aromatic rings. The second-order valence-corrected chi connectivity index (χ2v) is 5.75. The van der Waals surface area contributed by atoms with E-state index >= 15 is 0 Å². The van der Waals surface area contributed by atoms with Gasteiger partial charge >= 0.3 is 0 Å². The number of phenols is 1. The molecule has 1 aromatic carbocycles. The number of hydrogen-bond donors (Lipinski definition) is 1. The number of rotatable bonds is 2. The van der Waals surface area contributed by atoms with Gasteiger partial charge in [-0.15, -0.1) is 0 Å². The summed E-state index contributed by atoms with van der Waals surface area (Å²) in [5.74, 6) is 0.218. The highest BCUT2D eigenvalue weighted by Crippen LogP contribution is 2.28. The van der Waals surface area contributed by atoms with E-state index < -0.39 is 0 Å². The third kappa shape index (κ3) is 2.64. The minimum absolute atomic E-state index is 0.114. The first kappa shape index (κ1) is 14.8. The number of nitrogens with zero attached hydrogens (tertiary/aromatic N) is 2. The summed E-state index contributed by atoms with van der Waals surface area (Å²) in [7, 11) is 0. The van der Waals surface area contributed by atoms with E-state index in [0.29, 0.717) is 12.2 Å². The molecule has 1 fully saturated rings. The lowest BCUT2D eigenvalue weighted by molar-refractivity contribution is -0.0425. The summed E-state index contributed by atoms with van der Waals surface area (Å²) in [5.41, 5.74) is 3.16. The van der Waals surface area contributed by atoms with Gasteiger partial charge in [-0.2, -0.15) is 5.10 Å². The quantitative estimate of drug-likeness (QED) is 0.926. The van der Waals surface area contributed by atoms with E-state index in [1.165, 1.54) is 4.68 Å². The van der Waals surface area contributed by atoms with E-state index in [4.69, 9.17) is 4.74 Å². The van der Waals surface area contributed by atoms with Gasteiger partial charge in [-0.1, -0.05) is 6.07 Å². The maximum absolute atomic E-state index is 12.6. The molecule has 3 rings (SSSR count). The van der Waals surface area contributed by atoms with E-state index in [-0.39, 0.29) is 17.5 Å². The Morgan fingerprint density at radius 3 is 2.77 bits per heavy atom. The van der Waals surface area contributed by atoms with Crippen molar-refractivity contribution in [2.45, 2.75) is 39.3 Å². The van der Waals surface area contributed by atoms with Crippen LogP contribution in [0.5, 0.6) is 5.75 Å². The Bertz CT molecular complexity index is 746. The summed E-state index contributed by atoms with van der Waals surface area (Å²) in [6.07, 6.45) is 4.37. The van der Waals surface area contributed by atoms with Crippen LogP contribution in [0.4, 0.5) is 0 Å². The van der Waals surface area contributed by atoms with Crippen LogP contribution in [-0.4, -0.2) is 21.5 Å². The van der Waals surface area contributed by atoms with Crippen LogP contribution in [0.1, 0.15) is 36.6 Å². The zero-order valence-corrected chi connectivity index (χ0v) is 12.9. The van der Waals surface area contributed by atoms with Crippen LogP contribution < -0.4 is 5.56 Å². The van der Waals surface area contributed by atoms with Crippen molar-refractivity contribution < 1.29 is 9.84 Å². The van der Waals surface area contributed by atoms with Crippen LogP contribution >= 0.6 is 0 Å². The molecule has 0 aliphatic carbocycles. The molecule has 1 saturated heterocycles. The maximum atomic E-state index is 12.6. The Morgan fingerprint density at radius 2 is 2.09 bits per heavy atom. The smallest absolute Gasteiger partial charge is 0.272 e. The molecule has 0 saturated carbocycles. The highest BCUT2D eigenvalue weighted by molar-refractivity contribution is 5.69. The second kappa shape index (κ2) is 5.93. The molecular formula is C17H20N2O3. The first-order valence-corrected chi connectivity index (χ1v) is 7.58. The van der Waals surface area contributed by atoms with Crippen LogP contribution in [0, 0.1) is 13.8 Å². The highest BCUT2D eigenvalue weighted by Gasteiger charge is 2.20. The standard InChI is InChI=1S/C17H20N2O3/c1-11-9-13(20)6-7-14(11)15-10-18-19(17(21)12(15)2)16-5-3-4-8-22-16/h6-7,9-10,16,20H,3-5,8H2,1-2H3. The molecule has 116 valence electrons. The molecule has 1 unspecified atom stereocenters. The Kier molecular flexibility index (Phi) is 3.98. The molecule has 0 bridgehead atoms. The topological polar surface area (TPSA) is 64.3 Å². The number of phenolic OH excluding ortho intramolecular Hbond substituents is 1. The van der Waals surface area contributed by atoms with Crippen molar-refractivity contribution in [3.63, 3.8) is 0 Å². The molecule has 1 N–H and O–H groups in total. The van der Waals surface area contributed by atoms with Crippen molar-refractivity contribution in [2.24, 2.45) is 0 Å². The molecule has 2 heterocycles. The SMILES string of the molecule is Cc1cc(O)ccc1-c1cnn(C2CCCCO2)c(=O)c1C. The lowest BCUT2D eigenvalue weighted by Crippen LogP contribution is -2.32. The highest BCUT2D eigenvalue weighted by atomic mass is 16.5. The van der Waals surface area contributed by atoms with Gasteiger partial charge in [0.15, 0.2) is 6.23 Å². The molecular weight excluding hydrogens is 280 g/mol. The van der Waals surface area contributed by atoms with Gasteiger partial charge in [0.25, 0.3) is 5.56 Å². The average molecular weight is 300 g/mol. The molecule has 1 aliphatic rings. The molecule has 1 atom stereocenters. The van der Waals surface area contributed by atoms with E-state index in [0.717, 1.165) is 36.0 Å². The van der Waals surface area contributed by atoms with Gasteiger partial charge in [-0.25, -0.2) is 4.68 Å². The van der Waals surface area contributed by atoms with E-state index in [9.17, 15) is 9.90 Å². The lowest BCUT2D eigenvalue weighted by Gasteiger charge is -2.24. The number of benzene rings is 1. The Hall–Kier alpha value is -2.14. The van der Waals surface area contributed by atoms with Crippen molar-refractivity contribution in [3.05, 3.63) is 45.9 Å². The molecule has 1 aliphatic heterocycles. The maximum Gasteiger partial charge on any atom is 0.272 e. The molecule has 5 heteroatoms. The van der Waals surface area contributed by atoms with E-state index in [1.807, 2.05) is 19.9 Å². The first-order chi connectivity index (χ1) is 10.6.